The summed E-state index contributed by atoms with van der Waals surface area (Å²) < 4.78 is 0. The maximum Gasteiger partial charge on any atom is 0.0635 e. The molecule has 0 saturated carbocycles. The summed E-state index contributed by atoms with van der Waals surface area (Å²) in [6.45, 7) is 2.15. The van der Waals surface area contributed by atoms with E-state index in [1.807, 2.05) is 12.3 Å². The molecule has 0 saturated heterocycles. The van der Waals surface area contributed by atoms with Crippen molar-refractivity contribution in [3.63, 3.8) is 0 Å². The van der Waals surface area contributed by atoms with Gasteiger partial charge in [0.2, 0.25) is 0 Å². The average Bonchev–Trinajstić information content (AvgIpc) is 2.55. The maximum atomic E-state index is 8.93. The molecule has 0 fully saturated rings. The van der Waals surface area contributed by atoms with Crippen molar-refractivity contribution in [2.75, 3.05) is 26.2 Å². The summed E-state index contributed by atoms with van der Waals surface area (Å²) in [6, 6.07) is 2.12. The fourth-order valence-electron chi connectivity index (χ4n) is 1.52. The minimum absolute atomic E-state index is 0.119. The number of hydrogen-bond donors (Lipinski definition) is 1. The third-order valence-corrected chi connectivity index (χ3v) is 2.31. The number of allylic oxidation sites excluding steroid dienone is 2. The highest BCUT2D eigenvalue weighted by molar-refractivity contribution is 5.79. The molecular formula is C12H17N3O. The number of nitriles is 1. The Hall–Kier alpha value is -1.44. The molecule has 4 nitrogen and oxygen atoms in total. The molecule has 1 heterocycles. The lowest BCUT2D eigenvalue weighted by molar-refractivity contribution is 0.209. The molecule has 1 aliphatic heterocycles. The van der Waals surface area contributed by atoms with Gasteiger partial charge < -0.3 is 5.11 Å². The molecular weight excluding hydrogens is 202 g/mol. The minimum Gasteiger partial charge on any atom is -0.395 e. The van der Waals surface area contributed by atoms with E-state index in [0.717, 1.165) is 18.5 Å². The second-order valence-corrected chi connectivity index (χ2v) is 3.59. The van der Waals surface area contributed by atoms with Crippen LogP contribution < -0.4 is 0 Å². The van der Waals surface area contributed by atoms with Crippen LogP contribution in [-0.4, -0.2) is 42.5 Å². The summed E-state index contributed by atoms with van der Waals surface area (Å²) in [4.78, 5) is 6.18. The number of rotatable bonds is 6. The zero-order valence-electron chi connectivity index (χ0n) is 9.34. The first-order chi connectivity index (χ1) is 7.86. The molecule has 0 unspecified atom stereocenters. The molecule has 4 heteroatoms. The third-order valence-electron chi connectivity index (χ3n) is 2.31. The van der Waals surface area contributed by atoms with Crippen LogP contribution in [-0.2, 0) is 0 Å². The van der Waals surface area contributed by atoms with E-state index < -0.39 is 0 Å². The Morgan fingerprint density at radius 2 is 2.38 bits per heavy atom. The van der Waals surface area contributed by atoms with Crippen LogP contribution in [0.3, 0.4) is 0 Å². The second kappa shape index (κ2) is 7.80. The van der Waals surface area contributed by atoms with Crippen LogP contribution in [0.2, 0.25) is 0 Å². The van der Waals surface area contributed by atoms with E-state index in [1.165, 1.54) is 0 Å². The van der Waals surface area contributed by atoms with E-state index in [-0.39, 0.29) is 6.61 Å². The molecule has 16 heavy (non-hydrogen) atoms. The quantitative estimate of drug-likeness (QED) is 0.728. The molecule has 0 amide bonds. The van der Waals surface area contributed by atoms with Gasteiger partial charge in [0.15, 0.2) is 0 Å². The van der Waals surface area contributed by atoms with Gasteiger partial charge in [0.25, 0.3) is 0 Å². The average molecular weight is 219 g/mol. The van der Waals surface area contributed by atoms with Crippen LogP contribution >= 0.6 is 0 Å². The normalized spacial score (nSPS) is 14.7. The summed E-state index contributed by atoms with van der Waals surface area (Å²) in [7, 11) is 0. The van der Waals surface area contributed by atoms with Crippen LogP contribution in [0.5, 0.6) is 0 Å². The van der Waals surface area contributed by atoms with E-state index in [0.29, 0.717) is 19.5 Å². The molecule has 0 aliphatic carbocycles. The number of hydrogen-bond acceptors (Lipinski definition) is 4. The summed E-state index contributed by atoms with van der Waals surface area (Å²) >= 11 is 0. The van der Waals surface area contributed by atoms with Gasteiger partial charge in [-0.3, -0.25) is 9.89 Å². The smallest absolute Gasteiger partial charge is 0.0635 e. The highest BCUT2D eigenvalue weighted by atomic mass is 16.3. The predicted molar refractivity (Wildman–Crippen MR) is 64.1 cm³/mol. The van der Waals surface area contributed by atoms with Crippen LogP contribution in [0, 0.1) is 11.3 Å². The summed E-state index contributed by atoms with van der Waals surface area (Å²) in [5, 5.41) is 17.5. The van der Waals surface area contributed by atoms with E-state index in [9.17, 15) is 0 Å². The molecule has 0 bridgehead atoms. The fourth-order valence-corrected chi connectivity index (χ4v) is 1.52. The summed E-state index contributed by atoms with van der Waals surface area (Å²) in [5.74, 6) is 0. The highest BCUT2D eigenvalue weighted by Crippen LogP contribution is 2.04. The molecule has 1 aliphatic rings. The fraction of sp³-hybridized carbons (Fsp3) is 0.500. The second-order valence-electron chi connectivity index (χ2n) is 3.59. The zero-order valence-corrected chi connectivity index (χ0v) is 9.34. The first-order valence-corrected chi connectivity index (χ1v) is 5.44. The van der Waals surface area contributed by atoms with Crippen molar-refractivity contribution in [2.24, 2.45) is 4.99 Å². The molecule has 0 aromatic carbocycles. The summed E-state index contributed by atoms with van der Waals surface area (Å²) in [5.41, 5.74) is 1.14. The van der Waals surface area contributed by atoms with E-state index >= 15 is 0 Å². The lowest BCUT2D eigenvalue weighted by Crippen LogP contribution is -2.30. The van der Waals surface area contributed by atoms with Crippen LogP contribution in [0.25, 0.3) is 0 Å². The molecule has 1 rings (SSSR count). The van der Waals surface area contributed by atoms with Crippen molar-refractivity contribution in [2.45, 2.75) is 12.8 Å². The Kier molecular flexibility index (Phi) is 6.16. The van der Waals surface area contributed by atoms with Gasteiger partial charge in [-0.2, -0.15) is 5.26 Å². The van der Waals surface area contributed by atoms with E-state index in [2.05, 4.69) is 22.0 Å². The SMILES string of the molecule is N#CCCN(CCO)CC1=CCC=CN=C1. The van der Waals surface area contributed by atoms with E-state index in [4.69, 9.17) is 10.4 Å². The van der Waals surface area contributed by atoms with Crippen LogP contribution in [0.1, 0.15) is 12.8 Å². The van der Waals surface area contributed by atoms with Gasteiger partial charge in [0, 0.05) is 38.5 Å². The van der Waals surface area contributed by atoms with Crippen molar-refractivity contribution >= 4 is 6.21 Å². The van der Waals surface area contributed by atoms with Crippen molar-refractivity contribution in [3.8, 4) is 6.07 Å². The number of aliphatic hydroxyl groups is 1. The Balaban J connectivity index is 2.47. The van der Waals surface area contributed by atoms with Crippen molar-refractivity contribution in [1.29, 1.82) is 5.26 Å². The number of nitrogens with zero attached hydrogens (tertiary/aromatic N) is 3. The van der Waals surface area contributed by atoms with Crippen LogP contribution in [0.4, 0.5) is 0 Å². The summed E-state index contributed by atoms with van der Waals surface area (Å²) in [6.07, 6.45) is 9.11. The minimum atomic E-state index is 0.119. The first kappa shape index (κ1) is 12.6. The number of aliphatic hydroxyl groups excluding tert-OH is 1. The largest absolute Gasteiger partial charge is 0.395 e. The predicted octanol–water partition coefficient (Wildman–Crippen LogP) is 1.11. The molecule has 86 valence electrons. The number of aliphatic imine (C=N–C) groups is 1. The molecule has 1 N–H and O–H groups in total. The zero-order chi connectivity index (χ0) is 11.6. The highest BCUT2D eigenvalue weighted by Gasteiger charge is 2.06. The maximum absolute atomic E-state index is 8.93. The van der Waals surface area contributed by atoms with Gasteiger partial charge in [-0.15, -0.1) is 0 Å². The molecule has 0 atom stereocenters. The Labute approximate surface area is 96.2 Å². The molecule has 0 radical (unpaired) electrons. The standard InChI is InChI=1S/C12H17N3O/c13-5-3-7-15(8-9-16)11-12-4-1-2-6-14-10-12/h2,4,6,10,16H,1,3,7-9,11H2. The van der Waals surface area contributed by atoms with Crippen LogP contribution in [0.15, 0.2) is 28.9 Å². The Bertz CT molecular complexity index is 326. The lowest BCUT2D eigenvalue weighted by Gasteiger charge is -2.20. The lowest BCUT2D eigenvalue weighted by atomic mass is 10.2. The van der Waals surface area contributed by atoms with Gasteiger partial charge in [0.05, 0.1) is 12.7 Å². The Morgan fingerprint density at radius 3 is 3.12 bits per heavy atom. The molecule has 0 aromatic rings. The van der Waals surface area contributed by atoms with Gasteiger partial charge in [-0.25, -0.2) is 0 Å². The topological polar surface area (TPSA) is 59.6 Å². The van der Waals surface area contributed by atoms with Gasteiger partial charge in [0.1, 0.15) is 0 Å². The van der Waals surface area contributed by atoms with Gasteiger partial charge >= 0.3 is 0 Å². The van der Waals surface area contributed by atoms with Gasteiger partial charge in [-0.05, 0) is 12.0 Å². The van der Waals surface area contributed by atoms with Crippen molar-refractivity contribution in [3.05, 3.63) is 23.9 Å². The Morgan fingerprint density at radius 1 is 1.50 bits per heavy atom. The van der Waals surface area contributed by atoms with Crippen molar-refractivity contribution in [1.82, 2.24) is 4.90 Å². The first-order valence-electron chi connectivity index (χ1n) is 5.44. The third kappa shape index (κ3) is 4.87. The molecule has 0 aromatic heterocycles. The molecule has 0 spiro atoms. The monoisotopic (exact) mass is 219 g/mol. The van der Waals surface area contributed by atoms with Gasteiger partial charge in [-0.1, -0.05) is 12.2 Å². The van der Waals surface area contributed by atoms with E-state index in [1.54, 1.807) is 6.20 Å². The van der Waals surface area contributed by atoms with Crippen molar-refractivity contribution < 1.29 is 5.11 Å².